The Morgan fingerprint density at radius 3 is 2.59 bits per heavy atom. The predicted molar refractivity (Wildman–Crippen MR) is 84.9 cm³/mol. The zero-order valence-corrected chi connectivity index (χ0v) is 12.4. The monoisotopic (exact) mass is 299 g/mol. The van der Waals surface area contributed by atoms with Crippen molar-refractivity contribution in [2.75, 3.05) is 5.32 Å². The lowest BCUT2D eigenvalue weighted by Gasteiger charge is -2.11. The van der Waals surface area contributed by atoms with Crippen LogP contribution >= 0.6 is 0 Å². The van der Waals surface area contributed by atoms with Crippen LogP contribution in [-0.2, 0) is 6.54 Å². The first-order valence-electron chi connectivity index (χ1n) is 6.76. The maximum atomic E-state index is 11.2. The number of nitrogens with zero attached hydrogens (tertiary/aromatic N) is 1. The number of nitro benzene ring substituents is 1. The molecule has 0 aliphatic rings. The molecule has 0 heterocycles. The Morgan fingerprint density at radius 1 is 1.23 bits per heavy atom. The van der Waals surface area contributed by atoms with Crippen molar-refractivity contribution in [1.82, 2.24) is 0 Å². The average Bonchev–Trinajstić information content (AvgIpc) is 2.47. The summed E-state index contributed by atoms with van der Waals surface area (Å²) in [6, 6.07) is 10.2. The molecule has 0 aliphatic carbocycles. The molecule has 0 atom stereocenters. The van der Waals surface area contributed by atoms with Crippen LogP contribution in [0, 0.1) is 24.0 Å². The van der Waals surface area contributed by atoms with Crippen molar-refractivity contribution in [2.24, 2.45) is 5.73 Å². The topological polar surface area (TPSA) is 98.3 Å². The largest absolute Gasteiger partial charge is 0.380 e. The second kappa shape index (κ2) is 6.26. The Balaban J connectivity index is 2.27. The van der Waals surface area contributed by atoms with Crippen molar-refractivity contribution in [1.29, 1.82) is 0 Å². The third-order valence-corrected chi connectivity index (χ3v) is 3.43. The summed E-state index contributed by atoms with van der Waals surface area (Å²) < 4.78 is 0. The quantitative estimate of drug-likeness (QED) is 0.655. The number of carbonyl (C=O) groups is 1. The molecular formula is C16H17N3O3. The molecule has 0 aliphatic heterocycles. The number of primary amides is 1. The van der Waals surface area contributed by atoms with Crippen LogP contribution in [-0.4, -0.2) is 10.8 Å². The van der Waals surface area contributed by atoms with Crippen LogP contribution < -0.4 is 11.1 Å². The molecule has 0 bridgehead atoms. The number of benzene rings is 2. The van der Waals surface area contributed by atoms with Crippen molar-refractivity contribution in [3.05, 3.63) is 68.8 Å². The maximum Gasteiger partial charge on any atom is 0.275 e. The highest BCUT2D eigenvalue weighted by molar-refractivity contribution is 5.93. The summed E-state index contributed by atoms with van der Waals surface area (Å²) in [5, 5.41) is 14.3. The molecular weight excluding hydrogens is 282 g/mol. The highest BCUT2D eigenvalue weighted by Gasteiger charge is 2.16. The van der Waals surface area contributed by atoms with Gasteiger partial charge in [-0.2, -0.15) is 0 Å². The Bertz CT molecular complexity index is 741. The number of nitro groups is 1. The summed E-state index contributed by atoms with van der Waals surface area (Å²) in [6.07, 6.45) is 0. The van der Waals surface area contributed by atoms with E-state index in [4.69, 9.17) is 5.73 Å². The fourth-order valence-electron chi connectivity index (χ4n) is 2.15. The molecule has 6 nitrogen and oxygen atoms in total. The number of rotatable bonds is 5. The van der Waals surface area contributed by atoms with Gasteiger partial charge in [-0.1, -0.05) is 12.1 Å². The predicted octanol–water partition coefficient (Wildman–Crippen LogP) is 2.92. The van der Waals surface area contributed by atoms with Crippen molar-refractivity contribution in [2.45, 2.75) is 20.4 Å². The van der Waals surface area contributed by atoms with Gasteiger partial charge < -0.3 is 11.1 Å². The normalized spacial score (nSPS) is 10.3. The summed E-state index contributed by atoms with van der Waals surface area (Å²) in [5.74, 6) is -0.683. The van der Waals surface area contributed by atoms with Crippen molar-refractivity contribution in [3.63, 3.8) is 0 Å². The molecule has 1 amide bonds. The lowest BCUT2D eigenvalue weighted by atomic mass is 10.1. The van der Waals surface area contributed by atoms with Crippen LogP contribution in [0.5, 0.6) is 0 Å². The number of hydrogen-bond donors (Lipinski definition) is 2. The van der Waals surface area contributed by atoms with Gasteiger partial charge in [-0.25, -0.2) is 0 Å². The first-order valence-corrected chi connectivity index (χ1v) is 6.76. The minimum absolute atomic E-state index is 0.117. The lowest BCUT2D eigenvalue weighted by molar-refractivity contribution is -0.385. The van der Waals surface area contributed by atoms with Gasteiger partial charge in [0.25, 0.3) is 5.69 Å². The van der Waals surface area contributed by atoms with Crippen LogP contribution in [0.15, 0.2) is 36.4 Å². The van der Waals surface area contributed by atoms with Gasteiger partial charge in [-0.3, -0.25) is 14.9 Å². The van der Waals surface area contributed by atoms with Crippen LogP contribution in [0.25, 0.3) is 0 Å². The van der Waals surface area contributed by atoms with Crippen LogP contribution in [0.3, 0.4) is 0 Å². The van der Waals surface area contributed by atoms with Crippen molar-refractivity contribution >= 4 is 17.3 Å². The molecule has 2 aromatic rings. The first kappa shape index (κ1) is 15.5. The number of nitrogens with one attached hydrogen (secondary N) is 1. The zero-order valence-electron chi connectivity index (χ0n) is 12.4. The highest BCUT2D eigenvalue weighted by Crippen LogP contribution is 2.23. The Morgan fingerprint density at radius 2 is 1.95 bits per heavy atom. The molecule has 0 aromatic heterocycles. The minimum atomic E-state index is -0.683. The van der Waals surface area contributed by atoms with E-state index in [1.54, 1.807) is 6.07 Å². The SMILES string of the molecule is Cc1ccc(C)c(NCc2ccc(C(N)=O)cc2[N+](=O)[O-])c1. The van der Waals surface area contributed by atoms with E-state index in [2.05, 4.69) is 5.32 Å². The smallest absolute Gasteiger partial charge is 0.275 e. The summed E-state index contributed by atoms with van der Waals surface area (Å²) >= 11 is 0. The summed E-state index contributed by atoms with van der Waals surface area (Å²) in [6.45, 7) is 4.24. The van der Waals surface area contributed by atoms with Crippen molar-refractivity contribution < 1.29 is 9.72 Å². The fourth-order valence-corrected chi connectivity index (χ4v) is 2.15. The average molecular weight is 299 g/mol. The van der Waals surface area contributed by atoms with Crippen LogP contribution in [0.2, 0.25) is 0 Å². The Hall–Kier alpha value is -2.89. The molecule has 0 saturated heterocycles. The van der Waals surface area contributed by atoms with Gasteiger partial charge in [-0.05, 0) is 43.2 Å². The first-order chi connectivity index (χ1) is 10.4. The van der Waals surface area contributed by atoms with E-state index in [1.165, 1.54) is 12.1 Å². The van der Waals surface area contributed by atoms with Gasteiger partial charge in [-0.15, -0.1) is 0 Å². The molecule has 0 unspecified atom stereocenters. The van der Waals surface area contributed by atoms with Gasteiger partial charge in [0.2, 0.25) is 5.91 Å². The van der Waals surface area contributed by atoms with Crippen LogP contribution in [0.1, 0.15) is 27.0 Å². The van der Waals surface area contributed by atoms with E-state index in [9.17, 15) is 14.9 Å². The van der Waals surface area contributed by atoms with E-state index in [0.29, 0.717) is 12.1 Å². The maximum absolute atomic E-state index is 11.2. The molecule has 3 N–H and O–H groups in total. The fraction of sp³-hybridized carbons (Fsp3) is 0.188. The van der Waals surface area contributed by atoms with Crippen LogP contribution in [0.4, 0.5) is 11.4 Å². The van der Waals surface area contributed by atoms with E-state index in [1.807, 2.05) is 32.0 Å². The minimum Gasteiger partial charge on any atom is -0.380 e. The molecule has 0 fully saturated rings. The third kappa shape index (κ3) is 3.41. The van der Waals surface area contributed by atoms with Gasteiger partial charge in [0.15, 0.2) is 0 Å². The number of nitrogens with two attached hydrogens (primary N) is 1. The number of anilines is 1. The second-order valence-electron chi connectivity index (χ2n) is 5.14. The molecule has 22 heavy (non-hydrogen) atoms. The summed E-state index contributed by atoms with van der Waals surface area (Å²) in [5.41, 5.74) is 8.75. The Kier molecular flexibility index (Phi) is 4.41. The lowest BCUT2D eigenvalue weighted by Crippen LogP contribution is -2.12. The molecule has 2 rings (SSSR count). The van der Waals surface area contributed by atoms with Gasteiger partial charge in [0.05, 0.1) is 4.92 Å². The molecule has 0 spiro atoms. The van der Waals surface area contributed by atoms with E-state index in [-0.39, 0.29) is 11.3 Å². The molecule has 114 valence electrons. The van der Waals surface area contributed by atoms with Gasteiger partial charge in [0, 0.05) is 29.4 Å². The third-order valence-electron chi connectivity index (χ3n) is 3.43. The second-order valence-corrected chi connectivity index (χ2v) is 5.14. The number of amides is 1. The van der Waals surface area contributed by atoms with Crippen molar-refractivity contribution in [3.8, 4) is 0 Å². The summed E-state index contributed by atoms with van der Waals surface area (Å²) in [4.78, 5) is 21.8. The van der Waals surface area contributed by atoms with E-state index >= 15 is 0 Å². The van der Waals surface area contributed by atoms with Gasteiger partial charge in [0.1, 0.15) is 0 Å². The number of carbonyl (C=O) groups excluding carboxylic acids is 1. The Labute approximate surface area is 128 Å². The standard InChI is InChI=1S/C16H17N3O3/c1-10-3-4-11(2)14(7-10)18-9-13-6-5-12(16(17)20)8-15(13)19(21)22/h3-8,18H,9H2,1-2H3,(H2,17,20). The van der Waals surface area contributed by atoms with E-state index < -0.39 is 10.8 Å². The molecule has 6 heteroatoms. The molecule has 2 aromatic carbocycles. The molecule has 0 saturated carbocycles. The highest BCUT2D eigenvalue weighted by atomic mass is 16.6. The van der Waals surface area contributed by atoms with E-state index in [0.717, 1.165) is 16.8 Å². The zero-order chi connectivity index (χ0) is 16.3. The summed E-state index contributed by atoms with van der Waals surface area (Å²) in [7, 11) is 0. The van der Waals surface area contributed by atoms with Gasteiger partial charge >= 0.3 is 0 Å². The molecule has 0 radical (unpaired) electrons. The number of aryl methyl sites for hydroxylation is 2. The number of hydrogen-bond acceptors (Lipinski definition) is 4.